The van der Waals surface area contributed by atoms with Gasteiger partial charge in [0.15, 0.2) is 0 Å². The van der Waals surface area contributed by atoms with E-state index in [1.807, 2.05) is 0 Å². The number of unbranched alkanes of at least 4 members (excludes halogenated alkanes) is 9. The third-order valence-electron chi connectivity index (χ3n) is 3.87. The molecule has 0 amide bonds. The number of hydrogen-bond acceptors (Lipinski definition) is 2. The van der Waals surface area contributed by atoms with Crippen LogP contribution in [0.4, 0.5) is 0 Å². The molecule has 1 N–H and O–H groups in total. The van der Waals surface area contributed by atoms with Gasteiger partial charge in [0, 0.05) is 13.0 Å². The Morgan fingerprint density at radius 2 is 1.15 bits per heavy atom. The van der Waals surface area contributed by atoms with Crippen LogP contribution in [-0.4, -0.2) is 38.6 Å². The maximum atomic E-state index is 11.6. The molecule has 20 heavy (non-hydrogen) atoms. The van der Waals surface area contributed by atoms with Crippen LogP contribution in [0.3, 0.4) is 0 Å². The van der Waals surface area contributed by atoms with Crippen LogP contribution in [0, 0.1) is 5.21 Å². The van der Waals surface area contributed by atoms with Crippen LogP contribution in [0.2, 0.25) is 0 Å². The largest absolute Gasteiger partial charge is 0.634 e. The standard InChI is InChI=1S/C17H38N2O/c1-4-5-6-7-8-9-10-11-12-13-16-19(20)17-14-15-18(2)3/h19H,4-17H2,1-3H3. The fourth-order valence-electron chi connectivity index (χ4n) is 2.53. The third kappa shape index (κ3) is 15.9. The molecule has 1 unspecified atom stereocenters. The predicted molar refractivity (Wildman–Crippen MR) is 89.1 cm³/mol. The summed E-state index contributed by atoms with van der Waals surface area (Å²) in [5, 5.41) is 12.1. The Morgan fingerprint density at radius 3 is 1.65 bits per heavy atom. The highest BCUT2D eigenvalue weighted by Gasteiger charge is 1.99. The molecular weight excluding hydrogens is 248 g/mol. The molecule has 0 aliphatic rings. The normalized spacial score (nSPS) is 13.1. The Morgan fingerprint density at radius 1 is 0.700 bits per heavy atom. The number of nitrogens with one attached hydrogen (secondary N) is 1. The number of nitrogens with zero attached hydrogens (tertiary/aromatic N) is 1. The molecule has 0 saturated carbocycles. The van der Waals surface area contributed by atoms with E-state index in [9.17, 15) is 5.21 Å². The zero-order valence-electron chi connectivity index (χ0n) is 14.3. The molecule has 0 radical (unpaired) electrons. The molecule has 0 aliphatic heterocycles. The van der Waals surface area contributed by atoms with Gasteiger partial charge in [0.1, 0.15) is 0 Å². The Balaban J connectivity index is 3.11. The third-order valence-corrected chi connectivity index (χ3v) is 3.87. The molecule has 1 atom stereocenters. The lowest BCUT2D eigenvalue weighted by Gasteiger charge is -2.22. The van der Waals surface area contributed by atoms with Crippen molar-refractivity contribution in [2.75, 3.05) is 33.7 Å². The minimum absolute atomic E-state index is 0.464. The fraction of sp³-hybridized carbons (Fsp3) is 1.00. The van der Waals surface area contributed by atoms with Gasteiger partial charge < -0.3 is 15.2 Å². The molecule has 0 spiro atoms. The van der Waals surface area contributed by atoms with E-state index in [0.717, 1.165) is 32.5 Å². The second-order valence-electron chi connectivity index (χ2n) is 6.38. The van der Waals surface area contributed by atoms with Crippen LogP contribution in [0.1, 0.15) is 77.6 Å². The monoisotopic (exact) mass is 286 g/mol. The lowest BCUT2D eigenvalue weighted by atomic mass is 10.1. The molecule has 122 valence electrons. The maximum absolute atomic E-state index is 11.6. The second-order valence-corrected chi connectivity index (χ2v) is 6.38. The Labute approximate surface area is 127 Å². The summed E-state index contributed by atoms with van der Waals surface area (Å²) in [6, 6.07) is 0. The van der Waals surface area contributed by atoms with Crippen LogP contribution in [-0.2, 0) is 0 Å². The molecule has 3 heteroatoms. The van der Waals surface area contributed by atoms with E-state index in [0.29, 0.717) is 5.06 Å². The van der Waals surface area contributed by atoms with Gasteiger partial charge in [-0.3, -0.25) is 0 Å². The van der Waals surface area contributed by atoms with Gasteiger partial charge in [-0.25, -0.2) is 0 Å². The van der Waals surface area contributed by atoms with E-state index < -0.39 is 0 Å². The van der Waals surface area contributed by atoms with Crippen molar-refractivity contribution in [3.05, 3.63) is 5.21 Å². The van der Waals surface area contributed by atoms with Gasteiger partial charge in [0.2, 0.25) is 0 Å². The van der Waals surface area contributed by atoms with Crippen LogP contribution < -0.4 is 5.06 Å². The molecule has 0 rings (SSSR count). The Hall–Kier alpha value is -0.120. The zero-order valence-corrected chi connectivity index (χ0v) is 14.3. The minimum Gasteiger partial charge on any atom is -0.634 e. The van der Waals surface area contributed by atoms with Crippen molar-refractivity contribution in [2.45, 2.75) is 77.6 Å². The summed E-state index contributed by atoms with van der Waals surface area (Å²) in [5.74, 6) is 0. The summed E-state index contributed by atoms with van der Waals surface area (Å²) in [6.45, 7) is 4.88. The van der Waals surface area contributed by atoms with Crippen LogP contribution in [0.25, 0.3) is 0 Å². The van der Waals surface area contributed by atoms with Crippen molar-refractivity contribution in [2.24, 2.45) is 0 Å². The summed E-state index contributed by atoms with van der Waals surface area (Å²) in [6.07, 6.45) is 14.4. The fourth-order valence-corrected chi connectivity index (χ4v) is 2.53. The Kier molecular flexibility index (Phi) is 15.2. The summed E-state index contributed by atoms with van der Waals surface area (Å²) < 4.78 is 0. The van der Waals surface area contributed by atoms with E-state index >= 15 is 0 Å². The van der Waals surface area contributed by atoms with Gasteiger partial charge in [0.05, 0.1) is 13.1 Å². The topological polar surface area (TPSA) is 30.7 Å². The van der Waals surface area contributed by atoms with Gasteiger partial charge in [-0.1, -0.05) is 58.3 Å². The number of hydrogen-bond donors (Lipinski definition) is 1. The highest BCUT2D eigenvalue weighted by Crippen LogP contribution is 2.09. The van der Waals surface area contributed by atoms with Crippen molar-refractivity contribution in [3.63, 3.8) is 0 Å². The molecule has 0 heterocycles. The highest BCUT2D eigenvalue weighted by molar-refractivity contribution is 4.47. The number of rotatable bonds is 15. The van der Waals surface area contributed by atoms with Crippen molar-refractivity contribution < 1.29 is 5.06 Å². The molecule has 0 aromatic rings. The summed E-state index contributed by atoms with van der Waals surface area (Å²) in [5.41, 5.74) is 0. The summed E-state index contributed by atoms with van der Waals surface area (Å²) in [7, 11) is 4.12. The second kappa shape index (κ2) is 15.3. The predicted octanol–water partition coefficient (Wildman–Crippen LogP) is 3.24. The molecule has 0 aromatic heterocycles. The van der Waals surface area contributed by atoms with E-state index in [-0.39, 0.29) is 0 Å². The number of quaternary nitrogens is 1. The van der Waals surface area contributed by atoms with Crippen LogP contribution in [0.15, 0.2) is 0 Å². The first kappa shape index (κ1) is 19.9. The molecule has 0 aliphatic carbocycles. The minimum atomic E-state index is 0.464. The highest BCUT2D eigenvalue weighted by atomic mass is 16.5. The van der Waals surface area contributed by atoms with Gasteiger partial charge in [-0.05, 0) is 26.9 Å². The SMILES string of the molecule is CCCCCCCCCCCC[NH+]([O-])CCCN(C)C. The maximum Gasteiger partial charge on any atom is 0.0780 e. The lowest BCUT2D eigenvalue weighted by Crippen LogP contribution is -3.07. The molecule has 0 saturated heterocycles. The van der Waals surface area contributed by atoms with E-state index in [2.05, 4.69) is 25.9 Å². The molecular formula is C17H38N2O. The van der Waals surface area contributed by atoms with E-state index in [4.69, 9.17) is 0 Å². The van der Waals surface area contributed by atoms with Gasteiger partial charge in [-0.2, -0.15) is 0 Å². The first-order valence-electron chi connectivity index (χ1n) is 8.83. The lowest BCUT2D eigenvalue weighted by molar-refractivity contribution is -0.848. The average molecular weight is 287 g/mol. The van der Waals surface area contributed by atoms with Gasteiger partial charge in [-0.15, -0.1) is 0 Å². The molecule has 0 aromatic carbocycles. The van der Waals surface area contributed by atoms with Gasteiger partial charge >= 0.3 is 0 Å². The van der Waals surface area contributed by atoms with Crippen molar-refractivity contribution in [3.8, 4) is 0 Å². The Bertz CT molecular complexity index is 186. The van der Waals surface area contributed by atoms with Crippen LogP contribution in [0.5, 0.6) is 0 Å². The first-order valence-corrected chi connectivity index (χ1v) is 8.83. The number of hydroxylamine groups is 2. The zero-order chi connectivity index (χ0) is 15.1. The van der Waals surface area contributed by atoms with E-state index in [1.54, 1.807) is 0 Å². The smallest absolute Gasteiger partial charge is 0.0780 e. The molecule has 0 fully saturated rings. The van der Waals surface area contributed by atoms with Gasteiger partial charge in [0.25, 0.3) is 0 Å². The average Bonchev–Trinajstić information content (AvgIpc) is 2.40. The van der Waals surface area contributed by atoms with Crippen molar-refractivity contribution in [1.29, 1.82) is 0 Å². The van der Waals surface area contributed by atoms with E-state index in [1.165, 1.54) is 57.8 Å². The van der Waals surface area contributed by atoms with Crippen molar-refractivity contribution >= 4 is 0 Å². The summed E-state index contributed by atoms with van der Waals surface area (Å²) >= 11 is 0. The quantitative estimate of drug-likeness (QED) is 0.370. The molecule has 3 nitrogen and oxygen atoms in total. The first-order chi connectivity index (χ1) is 9.66. The van der Waals surface area contributed by atoms with Crippen molar-refractivity contribution in [1.82, 2.24) is 4.90 Å². The summed E-state index contributed by atoms with van der Waals surface area (Å²) in [4.78, 5) is 2.15. The van der Waals surface area contributed by atoms with Crippen LogP contribution >= 0.6 is 0 Å². The molecule has 0 bridgehead atoms.